The molecule has 1 rings (SSSR count). The number of rotatable bonds is 0. The van der Waals surface area contributed by atoms with Crippen molar-refractivity contribution in [3.8, 4) is 0 Å². The summed E-state index contributed by atoms with van der Waals surface area (Å²) in [5.41, 5.74) is 2.74. The fourth-order valence-corrected chi connectivity index (χ4v) is 0.663. The number of carbonyl (C=O) groups is 2. The third-order valence-electron chi connectivity index (χ3n) is 1.59. The zero-order valence-electron chi connectivity index (χ0n) is 7.94. The van der Waals surface area contributed by atoms with Crippen LogP contribution in [0.2, 0.25) is 0 Å². The molecule has 0 saturated heterocycles. The molecule has 0 aliphatic heterocycles. The van der Waals surface area contributed by atoms with Gasteiger partial charge in [-0.25, -0.2) is 0 Å². The van der Waals surface area contributed by atoms with Crippen molar-refractivity contribution in [1.82, 2.24) is 0 Å². The molecule has 0 atom stereocenters. The van der Waals surface area contributed by atoms with Crippen LogP contribution < -0.4 is 10.2 Å². The molecule has 0 saturated carbocycles. The van der Waals surface area contributed by atoms with Crippen molar-refractivity contribution >= 4 is 11.9 Å². The average Bonchev–Trinajstić information content (AvgIpc) is 2.11. The molecule has 1 aromatic rings. The summed E-state index contributed by atoms with van der Waals surface area (Å²) in [7, 11) is 0. The van der Waals surface area contributed by atoms with Gasteiger partial charge in [-0.2, -0.15) is 0 Å². The molecule has 0 spiro atoms. The lowest BCUT2D eigenvalue weighted by Crippen LogP contribution is -2.42. The number of hydrogen-bond acceptors (Lipinski definition) is 4. The molecule has 4 heteroatoms. The van der Waals surface area contributed by atoms with E-state index in [0.29, 0.717) is 0 Å². The summed E-state index contributed by atoms with van der Waals surface area (Å²) < 4.78 is 0. The van der Waals surface area contributed by atoms with E-state index in [1.165, 1.54) is 11.1 Å². The Kier molecular flexibility index (Phi) is 4.99. The predicted octanol–water partition coefficient (Wildman–Crippen LogP) is -1.21. The van der Waals surface area contributed by atoms with Crippen molar-refractivity contribution in [3.63, 3.8) is 0 Å². The number of carboxylic acid groups (broad SMARTS) is 2. The third-order valence-corrected chi connectivity index (χ3v) is 1.59. The number of carboxylic acids is 2. The quantitative estimate of drug-likeness (QED) is 0.485. The van der Waals surface area contributed by atoms with Crippen LogP contribution in [-0.2, 0) is 9.59 Å². The lowest BCUT2D eigenvalue weighted by molar-refractivity contribution is -0.345. The molecule has 0 aliphatic carbocycles. The van der Waals surface area contributed by atoms with Gasteiger partial charge in [0.1, 0.15) is 0 Å². The first kappa shape index (κ1) is 12.2. The third kappa shape index (κ3) is 4.92. The Morgan fingerprint density at radius 1 is 0.929 bits per heavy atom. The first-order valence-electron chi connectivity index (χ1n) is 3.89. The molecule has 4 nitrogen and oxygen atoms in total. The highest BCUT2D eigenvalue weighted by Crippen LogP contribution is 2.02. The van der Waals surface area contributed by atoms with Gasteiger partial charge in [-0.05, 0) is 25.0 Å². The molecular weight excluding hydrogens is 184 g/mol. The first-order valence-corrected chi connectivity index (χ1v) is 3.89. The smallest absolute Gasteiger partial charge is 0.0870 e. The van der Waals surface area contributed by atoms with Crippen molar-refractivity contribution in [1.29, 1.82) is 0 Å². The van der Waals surface area contributed by atoms with Crippen molar-refractivity contribution in [2.45, 2.75) is 13.8 Å². The first-order chi connectivity index (χ1) is 6.45. The minimum absolute atomic E-state index is 1.37. The number of carbonyl (C=O) groups excluding carboxylic acids is 2. The Morgan fingerprint density at radius 3 is 1.36 bits per heavy atom. The van der Waals surface area contributed by atoms with Gasteiger partial charge in [-0.3, -0.25) is 0 Å². The molecule has 0 amide bonds. The van der Waals surface area contributed by atoms with Crippen LogP contribution in [0.4, 0.5) is 0 Å². The number of benzene rings is 1. The van der Waals surface area contributed by atoms with E-state index in [9.17, 15) is 0 Å². The molecule has 0 bridgehead atoms. The van der Waals surface area contributed by atoms with Gasteiger partial charge >= 0.3 is 0 Å². The number of aliphatic carboxylic acids is 2. The second kappa shape index (κ2) is 5.75. The maximum Gasteiger partial charge on any atom is 0.0870 e. The summed E-state index contributed by atoms with van der Waals surface area (Å²) >= 11 is 0. The predicted molar refractivity (Wildman–Crippen MR) is 45.9 cm³/mol. The lowest BCUT2D eigenvalue weighted by atomic mass is 10.1. The summed E-state index contributed by atoms with van der Waals surface area (Å²) in [4.78, 5) is 17.9. The Morgan fingerprint density at radius 2 is 1.21 bits per heavy atom. The van der Waals surface area contributed by atoms with Crippen molar-refractivity contribution in [2.75, 3.05) is 0 Å². The summed E-state index contributed by atoms with van der Waals surface area (Å²) in [5, 5.41) is 17.9. The van der Waals surface area contributed by atoms with Crippen LogP contribution in [0.15, 0.2) is 24.3 Å². The van der Waals surface area contributed by atoms with Gasteiger partial charge in [0.05, 0.1) is 11.9 Å². The normalized spacial score (nSPS) is 8.43. The molecule has 0 N–H and O–H groups in total. The Labute approximate surface area is 81.8 Å². The van der Waals surface area contributed by atoms with Gasteiger partial charge in [-0.15, -0.1) is 0 Å². The summed E-state index contributed by atoms with van der Waals surface area (Å²) in [6, 6.07) is 8.36. The standard InChI is InChI=1S/C8H10.C2H2O4/c1-7-5-3-4-6-8(7)2;3-1(4)2(5)6/h3-6H,1-2H3;(H,3,4)(H,5,6)/p-2. The van der Waals surface area contributed by atoms with Crippen LogP contribution in [0, 0.1) is 13.8 Å². The van der Waals surface area contributed by atoms with E-state index in [1.54, 1.807) is 0 Å². The van der Waals surface area contributed by atoms with E-state index in [0.717, 1.165) is 0 Å². The minimum atomic E-state index is -2.19. The van der Waals surface area contributed by atoms with Crippen LogP contribution in [-0.4, -0.2) is 11.9 Å². The van der Waals surface area contributed by atoms with Crippen LogP contribution in [0.1, 0.15) is 11.1 Å². The molecule has 0 radical (unpaired) electrons. The molecule has 0 fully saturated rings. The van der Waals surface area contributed by atoms with E-state index in [1.807, 2.05) is 0 Å². The van der Waals surface area contributed by atoms with Gasteiger partial charge in [0.15, 0.2) is 0 Å². The molecule has 76 valence electrons. The lowest BCUT2D eigenvalue weighted by Gasteiger charge is -1.97. The molecule has 0 aliphatic rings. The van der Waals surface area contributed by atoms with E-state index in [-0.39, 0.29) is 0 Å². The highest BCUT2D eigenvalue weighted by atomic mass is 16.4. The number of hydrogen-bond donors (Lipinski definition) is 0. The van der Waals surface area contributed by atoms with Crippen molar-refractivity contribution < 1.29 is 19.8 Å². The molecule has 14 heavy (non-hydrogen) atoms. The van der Waals surface area contributed by atoms with Crippen LogP contribution in [0.3, 0.4) is 0 Å². The topological polar surface area (TPSA) is 80.3 Å². The van der Waals surface area contributed by atoms with Crippen LogP contribution >= 0.6 is 0 Å². The minimum Gasteiger partial charge on any atom is -0.543 e. The largest absolute Gasteiger partial charge is 0.543 e. The van der Waals surface area contributed by atoms with Crippen molar-refractivity contribution in [2.24, 2.45) is 0 Å². The van der Waals surface area contributed by atoms with Crippen LogP contribution in [0.5, 0.6) is 0 Å². The van der Waals surface area contributed by atoms with Gasteiger partial charge in [0.25, 0.3) is 0 Å². The number of aryl methyl sites for hydroxylation is 2. The van der Waals surface area contributed by atoms with Gasteiger partial charge < -0.3 is 19.8 Å². The molecule has 0 heterocycles. The summed E-state index contributed by atoms with van der Waals surface area (Å²) in [6.07, 6.45) is 0. The molecule has 0 unspecified atom stereocenters. The van der Waals surface area contributed by atoms with Gasteiger partial charge in [0.2, 0.25) is 0 Å². The second-order valence-electron chi connectivity index (χ2n) is 2.66. The van der Waals surface area contributed by atoms with E-state index in [4.69, 9.17) is 19.8 Å². The van der Waals surface area contributed by atoms with Crippen LogP contribution in [0.25, 0.3) is 0 Å². The zero-order valence-corrected chi connectivity index (χ0v) is 7.94. The molecule has 1 aromatic carbocycles. The van der Waals surface area contributed by atoms with Crippen molar-refractivity contribution in [3.05, 3.63) is 35.4 Å². The highest BCUT2D eigenvalue weighted by Gasteiger charge is 1.83. The highest BCUT2D eigenvalue weighted by molar-refractivity contribution is 6.25. The van der Waals surface area contributed by atoms with E-state index in [2.05, 4.69) is 38.1 Å². The Hall–Kier alpha value is -1.84. The molecular formula is C10H10O4-2. The summed E-state index contributed by atoms with van der Waals surface area (Å²) in [5.74, 6) is -4.37. The fraction of sp³-hybridized carbons (Fsp3) is 0.200. The average molecular weight is 194 g/mol. The maximum absolute atomic E-state index is 8.93. The fourth-order valence-electron chi connectivity index (χ4n) is 0.663. The van der Waals surface area contributed by atoms with E-state index < -0.39 is 11.9 Å². The van der Waals surface area contributed by atoms with E-state index >= 15 is 0 Å². The monoisotopic (exact) mass is 194 g/mol. The maximum atomic E-state index is 8.93. The zero-order chi connectivity index (χ0) is 11.1. The Bertz CT molecular complexity index is 298. The molecule has 0 aromatic heterocycles. The Balaban J connectivity index is 0.000000255. The van der Waals surface area contributed by atoms with Gasteiger partial charge in [-0.1, -0.05) is 24.3 Å². The summed E-state index contributed by atoms with van der Waals surface area (Å²) in [6.45, 7) is 4.24. The SMILES string of the molecule is Cc1ccccc1C.O=C([O-])C(=O)[O-]. The second-order valence-corrected chi connectivity index (χ2v) is 2.66. The van der Waals surface area contributed by atoms with Gasteiger partial charge in [0, 0.05) is 0 Å².